The second-order valence-electron chi connectivity index (χ2n) is 4.44. The largest absolute Gasteiger partial charge is 0.382 e. The Hall–Kier alpha value is -0.570. The van der Waals surface area contributed by atoms with Gasteiger partial charge in [0.05, 0.1) is 12.6 Å². The van der Waals surface area contributed by atoms with Crippen molar-refractivity contribution in [2.45, 2.75) is 45.6 Å². The number of hydrogen-bond acceptors (Lipinski definition) is 3. The Kier molecular flexibility index (Phi) is 5.69. The zero-order chi connectivity index (χ0) is 11.1. The van der Waals surface area contributed by atoms with E-state index in [9.17, 15) is 0 Å². The molecule has 0 aromatic carbocycles. The van der Waals surface area contributed by atoms with Crippen LogP contribution in [0.1, 0.15) is 39.5 Å². The van der Waals surface area contributed by atoms with Crippen LogP contribution in [0.3, 0.4) is 0 Å². The minimum atomic E-state index is 0.500. The molecule has 1 fully saturated rings. The van der Waals surface area contributed by atoms with Crippen LogP contribution in [0.25, 0.3) is 0 Å². The van der Waals surface area contributed by atoms with Crippen molar-refractivity contribution < 1.29 is 4.74 Å². The number of ether oxygens (including phenoxy) is 1. The van der Waals surface area contributed by atoms with Crippen molar-refractivity contribution >= 4 is 6.21 Å². The van der Waals surface area contributed by atoms with Gasteiger partial charge in [-0.3, -0.25) is 5.01 Å². The van der Waals surface area contributed by atoms with Gasteiger partial charge in [-0.2, -0.15) is 5.10 Å². The lowest BCUT2D eigenvalue weighted by atomic mass is 10.1. The highest BCUT2D eigenvalue weighted by molar-refractivity contribution is 5.59. The molecule has 3 nitrogen and oxygen atoms in total. The third kappa shape index (κ3) is 4.20. The van der Waals surface area contributed by atoms with Crippen molar-refractivity contribution in [3.63, 3.8) is 0 Å². The fraction of sp³-hybridized carbons (Fsp3) is 0.917. The lowest BCUT2D eigenvalue weighted by Gasteiger charge is -2.20. The van der Waals surface area contributed by atoms with Crippen LogP contribution in [0.15, 0.2) is 5.10 Å². The van der Waals surface area contributed by atoms with Crippen LogP contribution < -0.4 is 0 Å². The second-order valence-corrected chi connectivity index (χ2v) is 4.44. The highest BCUT2D eigenvalue weighted by Gasteiger charge is 2.22. The zero-order valence-corrected chi connectivity index (χ0v) is 10.3. The van der Waals surface area contributed by atoms with Gasteiger partial charge in [0.25, 0.3) is 0 Å². The summed E-state index contributed by atoms with van der Waals surface area (Å²) in [6.07, 6.45) is 7.01. The Balaban J connectivity index is 2.35. The molecule has 0 bridgehead atoms. The molecule has 0 aromatic rings. The molecule has 0 aromatic heterocycles. The molecule has 0 amide bonds. The number of nitrogens with zero attached hydrogens (tertiary/aromatic N) is 2. The first-order valence-electron chi connectivity index (χ1n) is 6.07. The number of hydrazone groups is 1. The van der Waals surface area contributed by atoms with Crippen LogP contribution in [0, 0.1) is 5.92 Å². The summed E-state index contributed by atoms with van der Waals surface area (Å²) in [7, 11) is 1.76. The second kappa shape index (κ2) is 6.83. The maximum atomic E-state index is 5.19. The first kappa shape index (κ1) is 12.5. The monoisotopic (exact) mass is 212 g/mol. The normalized spacial score (nSPS) is 23.9. The van der Waals surface area contributed by atoms with Gasteiger partial charge in [-0.1, -0.05) is 20.3 Å². The summed E-state index contributed by atoms with van der Waals surface area (Å²) in [5.74, 6) is 0.596. The van der Waals surface area contributed by atoms with Crippen molar-refractivity contribution in [3.05, 3.63) is 0 Å². The van der Waals surface area contributed by atoms with Crippen molar-refractivity contribution in [1.82, 2.24) is 5.01 Å². The molecule has 3 heteroatoms. The van der Waals surface area contributed by atoms with Crippen LogP contribution in [-0.4, -0.2) is 37.5 Å². The molecular weight excluding hydrogens is 188 g/mol. The van der Waals surface area contributed by atoms with Crippen molar-refractivity contribution in [1.29, 1.82) is 0 Å². The maximum absolute atomic E-state index is 5.19. The maximum Gasteiger partial charge on any atom is 0.0704 e. The molecule has 2 atom stereocenters. The van der Waals surface area contributed by atoms with Crippen molar-refractivity contribution in [3.8, 4) is 0 Å². The van der Waals surface area contributed by atoms with E-state index in [1.165, 1.54) is 25.7 Å². The molecule has 1 rings (SSSR count). The number of methoxy groups -OCH3 is 1. The molecule has 0 N–H and O–H groups in total. The fourth-order valence-corrected chi connectivity index (χ4v) is 2.06. The lowest BCUT2D eigenvalue weighted by Crippen LogP contribution is -2.28. The van der Waals surface area contributed by atoms with Gasteiger partial charge in [0.1, 0.15) is 0 Å². The molecule has 0 spiro atoms. The summed E-state index contributed by atoms with van der Waals surface area (Å²) in [6.45, 7) is 6.34. The fourth-order valence-electron chi connectivity index (χ4n) is 2.06. The van der Waals surface area contributed by atoms with Gasteiger partial charge in [-0.15, -0.1) is 0 Å². The van der Waals surface area contributed by atoms with Crippen LogP contribution in [0.4, 0.5) is 0 Å². The predicted octanol–water partition coefficient (Wildman–Crippen LogP) is 2.52. The molecule has 15 heavy (non-hydrogen) atoms. The number of rotatable bonds is 6. The first-order valence-corrected chi connectivity index (χ1v) is 6.07. The van der Waals surface area contributed by atoms with E-state index in [-0.39, 0.29) is 0 Å². The molecule has 0 radical (unpaired) electrons. The van der Waals surface area contributed by atoms with Crippen molar-refractivity contribution in [2.75, 3.05) is 20.3 Å². The van der Waals surface area contributed by atoms with Gasteiger partial charge in [-0.05, 0) is 25.2 Å². The summed E-state index contributed by atoms with van der Waals surface area (Å²) in [4.78, 5) is 0. The Labute approximate surface area is 93.5 Å². The minimum Gasteiger partial charge on any atom is -0.382 e. The average molecular weight is 212 g/mol. The van der Waals surface area contributed by atoms with Crippen LogP contribution in [0.5, 0.6) is 0 Å². The molecule has 88 valence electrons. The topological polar surface area (TPSA) is 24.8 Å². The quantitative estimate of drug-likeness (QED) is 0.632. The highest BCUT2D eigenvalue weighted by atomic mass is 16.5. The van der Waals surface area contributed by atoms with E-state index in [4.69, 9.17) is 4.74 Å². The Morgan fingerprint density at radius 3 is 3.07 bits per heavy atom. The third-order valence-corrected chi connectivity index (χ3v) is 2.92. The Morgan fingerprint density at radius 1 is 1.60 bits per heavy atom. The van der Waals surface area contributed by atoms with Crippen LogP contribution in [0.2, 0.25) is 0 Å². The standard InChI is InChI=1S/C12H24N2O/c1-4-6-11(2)9-13-14-8-5-7-12(14)10-15-3/h9,11-12H,4-8,10H2,1-3H3/t11-,12-/m0/s1. The van der Waals surface area contributed by atoms with E-state index < -0.39 is 0 Å². The van der Waals surface area contributed by atoms with Gasteiger partial charge in [0.15, 0.2) is 0 Å². The minimum absolute atomic E-state index is 0.500. The van der Waals surface area contributed by atoms with E-state index in [0.717, 1.165) is 13.2 Å². The molecule has 0 unspecified atom stereocenters. The summed E-state index contributed by atoms with van der Waals surface area (Å²) in [6, 6.07) is 0.500. The smallest absolute Gasteiger partial charge is 0.0704 e. The summed E-state index contributed by atoms with van der Waals surface area (Å²) >= 11 is 0. The Morgan fingerprint density at radius 2 is 2.40 bits per heavy atom. The predicted molar refractivity (Wildman–Crippen MR) is 64.2 cm³/mol. The molecular formula is C12H24N2O. The highest BCUT2D eigenvalue weighted by Crippen LogP contribution is 2.17. The number of hydrogen-bond donors (Lipinski definition) is 0. The zero-order valence-electron chi connectivity index (χ0n) is 10.3. The lowest BCUT2D eigenvalue weighted by molar-refractivity contribution is 0.118. The summed E-state index contributed by atoms with van der Waals surface area (Å²) in [5, 5.41) is 6.76. The van der Waals surface area contributed by atoms with Gasteiger partial charge in [0, 0.05) is 19.9 Å². The van der Waals surface area contributed by atoms with E-state index in [1.54, 1.807) is 7.11 Å². The first-order chi connectivity index (χ1) is 7.27. The summed E-state index contributed by atoms with van der Waals surface area (Å²) < 4.78 is 5.19. The van der Waals surface area contributed by atoms with Crippen LogP contribution >= 0.6 is 0 Å². The molecule has 0 aliphatic carbocycles. The average Bonchev–Trinajstić information content (AvgIpc) is 2.64. The SMILES string of the molecule is CCC[C@H](C)C=NN1CCC[C@H]1COC. The van der Waals surface area contributed by atoms with Gasteiger partial charge in [0.2, 0.25) is 0 Å². The van der Waals surface area contributed by atoms with E-state index in [0.29, 0.717) is 12.0 Å². The Bertz CT molecular complexity index is 194. The van der Waals surface area contributed by atoms with Crippen molar-refractivity contribution in [2.24, 2.45) is 11.0 Å². The molecule has 1 saturated heterocycles. The third-order valence-electron chi connectivity index (χ3n) is 2.92. The molecule has 1 aliphatic rings. The van der Waals surface area contributed by atoms with E-state index >= 15 is 0 Å². The van der Waals surface area contributed by atoms with Crippen LogP contribution in [-0.2, 0) is 4.74 Å². The molecule has 1 heterocycles. The summed E-state index contributed by atoms with van der Waals surface area (Å²) in [5.41, 5.74) is 0. The molecule has 1 aliphatic heterocycles. The van der Waals surface area contributed by atoms with Gasteiger partial charge in [-0.25, -0.2) is 0 Å². The molecule has 0 saturated carbocycles. The van der Waals surface area contributed by atoms with E-state index in [1.807, 2.05) is 0 Å². The van der Waals surface area contributed by atoms with Gasteiger partial charge < -0.3 is 4.74 Å². The van der Waals surface area contributed by atoms with Gasteiger partial charge >= 0.3 is 0 Å². The van der Waals surface area contributed by atoms with E-state index in [2.05, 4.69) is 30.2 Å².